The Bertz CT molecular complexity index is 1080. The predicted molar refractivity (Wildman–Crippen MR) is 129 cm³/mol. The van der Waals surface area contributed by atoms with Crippen molar-refractivity contribution in [2.75, 3.05) is 25.0 Å². The normalized spacial score (nSPS) is 19.4. The summed E-state index contributed by atoms with van der Waals surface area (Å²) in [5.74, 6) is -1.22. The third-order valence-electron chi connectivity index (χ3n) is 7.19. The lowest BCUT2D eigenvalue weighted by Gasteiger charge is -2.41. The number of rotatable bonds is 5. The van der Waals surface area contributed by atoms with Crippen molar-refractivity contribution in [1.82, 2.24) is 9.80 Å². The van der Waals surface area contributed by atoms with Gasteiger partial charge in [0.05, 0.1) is 5.56 Å². The molecule has 0 aromatic heterocycles. The van der Waals surface area contributed by atoms with Gasteiger partial charge in [-0.3, -0.25) is 14.5 Å². The maximum absolute atomic E-state index is 14.5. The Kier molecular flexibility index (Phi) is 7.31. The van der Waals surface area contributed by atoms with Crippen LogP contribution in [0.15, 0.2) is 30.3 Å². The molecule has 182 valence electrons. The van der Waals surface area contributed by atoms with Crippen LogP contribution in [0.1, 0.15) is 59.7 Å². The van der Waals surface area contributed by atoms with Crippen LogP contribution in [0.4, 0.5) is 14.5 Å². The molecule has 1 saturated heterocycles. The highest BCUT2D eigenvalue weighted by Crippen LogP contribution is 2.29. The fourth-order valence-electron chi connectivity index (χ4n) is 5.18. The summed E-state index contributed by atoms with van der Waals surface area (Å²) < 4.78 is 28.6. The molecule has 1 N–H and O–H groups in total. The molecule has 1 aliphatic heterocycles. The third-order valence-corrected chi connectivity index (χ3v) is 7.19. The Balaban J connectivity index is 1.44. The van der Waals surface area contributed by atoms with E-state index in [1.165, 1.54) is 24.3 Å². The van der Waals surface area contributed by atoms with Crippen molar-refractivity contribution in [3.05, 3.63) is 64.2 Å². The van der Waals surface area contributed by atoms with Crippen molar-refractivity contribution in [2.24, 2.45) is 5.92 Å². The average Bonchev–Trinajstić information content (AvgIpc) is 3.33. The number of amides is 2. The standard InChI is InChI=1S/C27H33F2N3O2/c1-17-8-9-24(29)23(12-17)26(33)30-25-14-22(28)13-21(19(25)3)16-31-10-11-32(18(2)15-31)27(34)20-6-4-5-7-20/h8-9,12-14,18,20H,4-7,10-11,15-16H2,1-3H3,(H,30,33)/t18-/m0/s1. The van der Waals surface area contributed by atoms with Crippen molar-refractivity contribution in [1.29, 1.82) is 0 Å². The zero-order valence-corrected chi connectivity index (χ0v) is 20.2. The fourth-order valence-corrected chi connectivity index (χ4v) is 5.18. The summed E-state index contributed by atoms with van der Waals surface area (Å²) in [7, 11) is 0. The van der Waals surface area contributed by atoms with Gasteiger partial charge in [-0.1, -0.05) is 24.5 Å². The minimum atomic E-state index is -0.614. The van der Waals surface area contributed by atoms with Gasteiger partial charge in [0.1, 0.15) is 11.6 Å². The Morgan fingerprint density at radius 1 is 1.06 bits per heavy atom. The van der Waals surface area contributed by atoms with Gasteiger partial charge < -0.3 is 10.2 Å². The molecule has 1 aliphatic carbocycles. The van der Waals surface area contributed by atoms with E-state index in [4.69, 9.17) is 0 Å². The number of hydrogen-bond acceptors (Lipinski definition) is 3. The summed E-state index contributed by atoms with van der Waals surface area (Å²) in [5, 5.41) is 2.68. The molecule has 34 heavy (non-hydrogen) atoms. The van der Waals surface area contributed by atoms with E-state index in [-0.39, 0.29) is 23.4 Å². The monoisotopic (exact) mass is 469 g/mol. The van der Waals surface area contributed by atoms with E-state index < -0.39 is 17.5 Å². The van der Waals surface area contributed by atoms with Crippen molar-refractivity contribution in [3.8, 4) is 0 Å². The zero-order chi connectivity index (χ0) is 24.4. The van der Waals surface area contributed by atoms with Crippen LogP contribution in [0.3, 0.4) is 0 Å². The first-order chi connectivity index (χ1) is 16.2. The van der Waals surface area contributed by atoms with Crippen molar-refractivity contribution < 1.29 is 18.4 Å². The number of nitrogens with one attached hydrogen (secondary N) is 1. The van der Waals surface area contributed by atoms with Gasteiger partial charge in [-0.05, 0) is 69.0 Å². The van der Waals surface area contributed by atoms with Crippen LogP contribution in [-0.2, 0) is 11.3 Å². The minimum Gasteiger partial charge on any atom is -0.337 e. The molecular formula is C27H33F2N3O2. The molecule has 2 aromatic rings. The van der Waals surface area contributed by atoms with E-state index >= 15 is 0 Å². The average molecular weight is 470 g/mol. The molecule has 1 atom stereocenters. The lowest BCUT2D eigenvalue weighted by molar-refractivity contribution is -0.140. The molecule has 2 amide bonds. The van der Waals surface area contributed by atoms with Gasteiger partial charge in [0.2, 0.25) is 5.91 Å². The highest BCUT2D eigenvalue weighted by molar-refractivity contribution is 6.05. The smallest absolute Gasteiger partial charge is 0.258 e. The molecule has 1 heterocycles. The number of anilines is 1. The number of benzene rings is 2. The fraction of sp³-hybridized carbons (Fsp3) is 0.481. The topological polar surface area (TPSA) is 52.7 Å². The van der Waals surface area contributed by atoms with Gasteiger partial charge in [-0.15, -0.1) is 0 Å². The zero-order valence-electron chi connectivity index (χ0n) is 20.2. The van der Waals surface area contributed by atoms with E-state index in [0.29, 0.717) is 25.3 Å². The Morgan fingerprint density at radius 2 is 1.79 bits per heavy atom. The Morgan fingerprint density at radius 3 is 2.50 bits per heavy atom. The molecule has 0 radical (unpaired) electrons. The predicted octanol–water partition coefficient (Wildman–Crippen LogP) is 5.06. The molecule has 2 aliphatic rings. The van der Waals surface area contributed by atoms with E-state index in [1.807, 2.05) is 11.8 Å². The molecule has 2 fully saturated rings. The van der Waals surface area contributed by atoms with Crippen LogP contribution in [0, 0.1) is 31.4 Å². The maximum atomic E-state index is 14.5. The number of nitrogens with zero attached hydrogens (tertiary/aromatic N) is 2. The molecule has 0 spiro atoms. The SMILES string of the molecule is Cc1ccc(F)c(C(=O)Nc2cc(F)cc(CN3CCN(C(=O)C4CCCC4)[C@@H](C)C3)c2C)c1. The summed E-state index contributed by atoms with van der Waals surface area (Å²) in [6.07, 6.45) is 4.27. The van der Waals surface area contributed by atoms with Gasteiger partial charge >= 0.3 is 0 Å². The largest absolute Gasteiger partial charge is 0.337 e. The number of hydrogen-bond donors (Lipinski definition) is 1. The molecule has 7 heteroatoms. The highest BCUT2D eigenvalue weighted by atomic mass is 19.1. The van der Waals surface area contributed by atoms with Crippen molar-refractivity contribution in [3.63, 3.8) is 0 Å². The Hall–Kier alpha value is -2.80. The third kappa shape index (κ3) is 5.30. The number of carbonyl (C=O) groups is 2. The van der Waals surface area contributed by atoms with Crippen molar-refractivity contribution >= 4 is 17.5 Å². The van der Waals surface area contributed by atoms with Crippen LogP contribution in [0.5, 0.6) is 0 Å². The number of aryl methyl sites for hydroxylation is 1. The first kappa shape index (κ1) is 24.3. The van der Waals surface area contributed by atoms with Gasteiger partial charge in [-0.2, -0.15) is 0 Å². The second kappa shape index (κ2) is 10.2. The van der Waals surface area contributed by atoms with Crippen LogP contribution in [0.2, 0.25) is 0 Å². The van der Waals surface area contributed by atoms with Gasteiger partial charge in [0.15, 0.2) is 0 Å². The van der Waals surface area contributed by atoms with Gasteiger partial charge in [-0.25, -0.2) is 8.78 Å². The second-order valence-corrected chi connectivity index (χ2v) is 9.77. The summed E-state index contributed by atoms with van der Waals surface area (Å²) in [5.41, 5.74) is 2.55. The van der Waals surface area contributed by atoms with E-state index in [0.717, 1.165) is 48.9 Å². The lowest BCUT2D eigenvalue weighted by Crippen LogP contribution is -2.54. The van der Waals surface area contributed by atoms with Crippen LogP contribution < -0.4 is 5.32 Å². The lowest BCUT2D eigenvalue weighted by atomic mass is 10.0. The van der Waals surface area contributed by atoms with Crippen LogP contribution in [-0.4, -0.2) is 47.3 Å². The molecular weight excluding hydrogens is 436 g/mol. The first-order valence-corrected chi connectivity index (χ1v) is 12.1. The van der Waals surface area contributed by atoms with E-state index in [1.54, 1.807) is 13.0 Å². The van der Waals surface area contributed by atoms with Crippen LogP contribution in [0.25, 0.3) is 0 Å². The Labute approximate surface area is 200 Å². The molecule has 4 rings (SSSR count). The number of piperazine rings is 1. The van der Waals surface area contributed by atoms with Crippen molar-refractivity contribution in [2.45, 2.75) is 59.0 Å². The van der Waals surface area contributed by atoms with Gasteiger partial charge in [0, 0.05) is 43.8 Å². The number of carbonyl (C=O) groups excluding carboxylic acids is 2. The summed E-state index contributed by atoms with van der Waals surface area (Å²) in [4.78, 5) is 29.8. The van der Waals surface area contributed by atoms with Gasteiger partial charge in [0.25, 0.3) is 5.91 Å². The summed E-state index contributed by atoms with van der Waals surface area (Å²) in [6.45, 7) is 8.30. The van der Waals surface area contributed by atoms with E-state index in [9.17, 15) is 18.4 Å². The molecule has 2 aromatic carbocycles. The van der Waals surface area contributed by atoms with E-state index in [2.05, 4.69) is 17.1 Å². The minimum absolute atomic E-state index is 0.0675. The quantitative estimate of drug-likeness (QED) is 0.666. The highest BCUT2D eigenvalue weighted by Gasteiger charge is 2.33. The summed E-state index contributed by atoms with van der Waals surface area (Å²) >= 11 is 0. The molecule has 0 bridgehead atoms. The molecule has 1 saturated carbocycles. The second-order valence-electron chi connectivity index (χ2n) is 9.77. The van der Waals surface area contributed by atoms with Crippen LogP contribution >= 0.6 is 0 Å². The molecule has 5 nitrogen and oxygen atoms in total. The number of halogens is 2. The molecule has 0 unspecified atom stereocenters. The first-order valence-electron chi connectivity index (χ1n) is 12.1. The maximum Gasteiger partial charge on any atom is 0.258 e. The summed E-state index contributed by atoms with van der Waals surface area (Å²) in [6, 6.07) is 7.18.